The fourth-order valence-electron chi connectivity index (χ4n) is 2.25. The van der Waals surface area contributed by atoms with Gasteiger partial charge in [0.2, 0.25) is 11.8 Å². The van der Waals surface area contributed by atoms with Gasteiger partial charge < -0.3 is 20.9 Å². The first kappa shape index (κ1) is 14.3. The Morgan fingerprint density at radius 3 is 2.75 bits per heavy atom. The van der Waals surface area contributed by atoms with Crippen LogP contribution >= 0.6 is 0 Å². The smallest absolute Gasteiger partial charge is 0.312 e. The molecular weight excluding hydrogens is 262 g/mol. The number of primary amides is 1. The number of nitrogens with zero attached hydrogens (tertiary/aromatic N) is 2. The Morgan fingerprint density at radius 1 is 1.30 bits per heavy atom. The molecule has 1 fully saturated rings. The number of hydrogen-bond acceptors (Lipinski definition) is 5. The molecule has 3 amide bonds. The van der Waals surface area contributed by atoms with Gasteiger partial charge in [0.15, 0.2) is 5.82 Å². The lowest BCUT2D eigenvalue weighted by molar-refractivity contribution is -0.120. The lowest BCUT2D eigenvalue weighted by atomic mass is 10.1. The van der Waals surface area contributed by atoms with Crippen molar-refractivity contribution < 1.29 is 14.1 Å². The van der Waals surface area contributed by atoms with Crippen molar-refractivity contribution in [2.45, 2.75) is 38.0 Å². The van der Waals surface area contributed by atoms with E-state index < -0.39 is 6.03 Å². The van der Waals surface area contributed by atoms with Crippen molar-refractivity contribution in [3.05, 3.63) is 11.7 Å². The third-order valence-corrected chi connectivity index (χ3v) is 3.28. The molecule has 0 unspecified atom stereocenters. The summed E-state index contributed by atoms with van der Waals surface area (Å²) in [4.78, 5) is 26.1. The standard InChI is InChI=1S/C12H19N5O3/c13-12(19)15-7-10(18)14-6-5-9-16-11(20-17-9)8-3-1-2-4-8/h8H,1-7H2,(H,14,18)(H3,13,15,19). The quantitative estimate of drug-likeness (QED) is 0.680. The van der Waals surface area contributed by atoms with E-state index in [9.17, 15) is 9.59 Å². The zero-order chi connectivity index (χ0) is 14.4. The highest BCUT2D eigenvalue weighted by Gasteiger charge is 2.22. The Morgan fingerprint density at radius 2 is 2.05 bits per heavy atom. The van der Waals surface area contributed by atoms with Crippen LogP contribution in [0.3, 0.4) is 0 Å². The SMILES string of the molecule is NC(=O)NCC(=O)NCCc1noc(C2CCCC2)n1. The summed E-state index contributed by atoms with van der Waals surface area (Å²) in [6, 6.07) is -0.723. The van der Waals surface area contributed by atoms with Crippen LogP contribution in [0.25, 0.3) is 0 Å². The average Bonchev–Trinajstić information content (AvgIpc) is 3.06. The van der Waals surface area contributed by atoms with Gasteiger partial charge in [0.05, 0.1) is 6.54 Å². The molecule has 4 N–H and O–H groups in total. The highest BCUT2D eigenvalue weighted by molar-refractivity contribution is 5.83. The molecule has 1 aliphatic rings. The fourth-order valence-corrected chi connectivity index (χ4v) is 2.25. The predicted molar refractivity (Wildman–Crippen MR) is 69.8 cm³/mol. The highest BCUT2D eigenvalue weighted by Crippen LogP contribution is 2.32. The number of aromatic nitrogens is 2. The van der Waals surface area contributed by atoms with Gasteiger partial charge in [0.25, 0.3) is 0 Å². The first-order valence-electron chi connectivity index (χ1n) is 6.77. The molecule has 0 atom stereocenters. The number of hydrogen-bond donors (Lipinski definition) is 3. The number of rotatable bonds is 6. The topological polar surface area (TPSA) is 123 Å². The summed E-state index contributed by atoms with van der Waals surface area (Å²) in [5.41, 5.74) is 4.86. The molecule has 8 heteroatoms. The molecule has 2 rings (SSSR count). The highest BCUT2D eigenvalue weighted by atomic mass is 16.5. The van der Waals surface area contributed by atoms with E-state index in [1.807, 2.05) is 0 Å². The van der Waals surface area contributed by atoms with Gasteiger partial charge in [-0.25, -0.2) is 4.79 Å². The summed E-state index contributed by atoms with van der Waals surface area (Å²) in [6.07, 6.45) is 5.14. The van der Waals surface area contributed by atoms with Gasteiger partial charge in [-0.05, 0) is 12.8 Å². The lowest BCUT2D eigenvalue weighted by Crippen LogP contribution is -2.40. The van der Waals surface area contributed by atoms with Crippen LogP contribution in [0.4, 0.5) is 4.79 Å². The van der Waals surface area contributed by atoms with Crippen molar-refractivity contribution in [1.29, 1.82) is 0 Å². The molecule has 8 nitrogen and oxygen atoms in total. The van der Waals surface area contributed by atoms with Crippen molar-refractivity contribution in [3.63, 3.8) is 0 Å². The number of carbonyl (C=O) groups excluding carboxylic acids is 2. The molecule has 0 spiro atoms. The van der Waals surface area contributed by atoms with Gasteiger partial charge in [0.1, 0.15) is 0 Å². The minimum absolute atomic E-state index is 0.130. The summed E-state index contributed by atoms with van der Waals surface area (Å²) in [5, 5.41) is 8.75. The first-order valence-corrected chi connectivity index (χ1v) is 6.77. The summed E-state index contributed by atoms with van der Waals surface area (Å²) in [6.45, 7) is 0.262. The normalized spacial score (nSPS) is 15.2. The van der Waals surface area contributed by atoms with E-state index in [0.29, 0.717) is 30.6 Å². The molecule has 1 aromatic rings. The molecule has 20 heavy (non-hydrogen) atoms. The van der Waals surface area contributed by atoms with Crippen LogP contribution in [0.5, 0.6) is 0 Å². The third kappa shape index (κ3) is 4.22. The molecule has 0 aromatic carbocycles. The molecule has 1 heterocycles. The second-order valence-electron chi connectivity index (χ2n) is 4.85. The van der Waals surface area contributed by atoms with E-state index >= 15 is 0 Å². The van der Waals surface area contributed by atoms with Crippen LogP contribution in [0.15, 0.2) is 4.52 Å². The number of urea groups is 1. The molecule has 0 radical (unpaired) electrons. The van der Waals surface area contributed by atoms with Crippen molar-refractivity contribution in [1.82, 2.24) is 20.8 Å². The van der Waals surface area contributed by atoms with Crippen LogP contribution in [-0.4, -0.2) is 35.2 Å². The van der Waals surface area contributed by atoms with E-state index in [4.69, 9.17) is 10.3 Å². The van der Waals surface area contributed by atoms with Gasteiger partial charge in [-0.1, -0.05) is 18.0 Å². The monoisotopic (exact) mass is 281 g/mol. The maximum absolute atomic E-state index is 11.3. The molecule has 1 saturated carbocycles. The van der Waals surface area contributed by atoms with Gasteiger partial charge in [-0.2, -0.15) is 4.98 Å². The first-order chi connectivity index (χ1) is 9.65. The minimum atomic E-state index is -0.723. The van der Waals surface area contributed by atoms with Crippen LogP contribution in [0, 0.1) is 0 Å². The molecule has 110 valence electrons. The zero-order valence-electron chi connectivity index (χ0n) is 11.2. The minimum Gasteiger partial charge on any atom is -0.354 e. The molecular formula is C12H19N5O3. The number of nitrogens with one attached hydrogen (secondary N) is 2. The van der Waals surface area contributed by atoms with Crippen LogP contribution in [-0.2, 0) is 11.2 Å². The average molecular weight is 281 g/mol. The molecule has 1 aromatic heterocycles. The van der Waals surface area contributed by atoms with Crippen LogP contribution < -0.4 is 16.4 Å². The van der Waals surface area contributed by atoms with Gasteiger partial charge >= 0.3 is 6.03 Å². The van der Waals surface area contributed by atoms with Crippen LogP contribution in [0.1, 0.15) is 43.3 Å². The molecule has 1 aliphatic carbocycles. The van der Waals surface area contributed by atoms with E-state index in [1.165, 1.54) is 12.8 Å². The lowest BCUT2D eigenvalue weighted by Gasteiger charge is -2.03. The summed E-state index contributed by atoms with van der Waals surface area (Å²) in [7, 11) is 0. The molecule has 0 saturated heterocycles. The Hall–Kier alpha value is -2.12. The Labute approximate surface area is 116 Å². The van der Waals surface area contributed by atoms with Crippen molar-refractivity contribution in [2.24, 2.45) is 5.73 Å². The largest absolute Gasteiger partial charge is 0.354 e. The van der Waals surface area contributed by atoms with Crippen molar-refractivity contribution in [3.8, 4) is 0 Å². The second kappa shape index (κ2) is 6.88. The van der Waals surface area contributed by atoms with Crippen molar-refractivity contribution in [2.75, 3.05) is 13.1 Å². The van der Waals surface area contributed by atoms with E-state index in [0.717, 1.165) is 12.8 Å². The maximum Gasteiger partial charge on any atom is 0.312 e. The Bertz CT molecular complexity index is 467. The Kier molecular flexibility index (Phi) is 4.91. The summed E-state index contributed by atoms with van der Waals surface area (Å²) in [5.74, 6) is 1.39. The fraction of sp³-hybridized carbons (Fsp3) is 0.667. The number of nitrogens with two attached hydrogens (primary N) is 1. The van der Waals surface area contributed by atoms with E-state index in [1.54, 1.807) is 0 Å². The van der Waals surface area contributed by atoms with Crippen LogP contribution in [0.2, 0.25) is 0 Å². The summed E-state index contributed by atoms with van der Waals surface area (Å²) < 4.78 is 5.24. The van der Waals surface area contributed by atoms with E-state index in [-0.39, 0.29) is 12.5 Å². The number of carbonyl (C=O) groups is 2. The van der Waals surface area contributed by atoms with E-state index in [2.05, 4.69) is 20.8 Å². The van der Waals surface area contributed by atoms with Gasteiger partial charge in [-0.3, -0.25) is 4.79 Å². The predicted octanol–water partition coefficient (Wildman–Crippen LogP) is 0.0542. The van der Waals surface area contributed by atoms with Crippen molar-refractivity contribution >= 4 is 11.9 Å². The Balaban J connectivity index is 1.69. The zero-order valence-corrected chi connectivity index (χ0v) is 11.2. The van der Waals surface area contributed by atoms with Gasteiger partial charge in [0, 0.05) is 18.9 Å². The molecule has 0 bridgehead atoms. The number of amides is 3. The summed E-state index contributed by atoms with van der Waals surface area (Å²) >= 11 is 0. The maximum atomic E-state index is 11.3. The second-order valence-corrected chi connectivity index (χ2v) is 4.85. The third-order valence-electron chi connectivity index (χ3n) is 3.28. The van der Waals surface area contributed by atoms with Gasteiger partial charge in [-0.15, -0.1) is 0 Å². The molecule has 0 aliphatic heterocycles.